The lowest BCUT2D eigenvalue weighted by Gasteiger charge is -2.14. The molecule has 0 aliphatic heterocycles. The Kier molecular flexibility index (Phi) is 5.58. The molecule has 3 heterocycles. The highest BCUT2D eigenvalue weighted by Crippen LogP contribution is 2.29. The van der Waals surface area contributed by atoms with Gasteiger partial charge in [0.15, 0.2) is 5.65 Å². The second-order valence-electron chi connectivity index (χ2n) is 7.52. The van der Waals surface area contributed by atoms with Crippen molar-refractivity contribution in [3.63, 3.8) is 0 Å². The Bertz CT molecular complexity index is 1450. The van der Waals surface area contributed by atoms with Crippen molar-refractivity contribution < 1.29 is 0 Å². The van der Waals surface area contributed by atoms with Gasteiger partial charge in [-0.1, -0.05) is 30.7 Å². The summed E-state index contributed by atoms with van der Waals surface area (Å²) in [5.41, 5.74) is 5.45. The van der Waals surface area contributed by atoms with Gasteiger partial charge in [-0.15, -0.1) is 0 Å². The summed E-state index contributed by atoms with van der Waals surface area (Å²) in [7, 11) is 0. The molecule has 0 atom stereocenters. The molecule has 5 rings (SSSR count). The van der Waals surface area contributed by atoms with Crippen molar-refractivity contribution in [2.45, 2.75) is 20.3 Å². The monoisotopic (exact) mass is 456 g/mol. The summed E-state index contributed by atoms with van der Waals surface area (Å²) in [5.74, 6) is 1.42. The fourth-order valence-corrected chi connectivity index (χ4v) is 3.80. The number of anilines is 4. The highest BCUT2D eigenvalue weighted by atomic mass is 35.5. The minimum absolute atomic E-state index is 0.638. The second-order valence-corrected chi connectivity index (χ2v) is 7.95. The van der Waals surface area contributed by atoms with Crippen LogP contribution in [0.3, 0.4) is 0 Å². The maximum Gasteiger partial charge on any atom is 0.168 e. The molecule has 5 aromatic rings. The van der Waals surface area contributed by atoms with Gasteiger partial charge in [0.1, 0.15) is 24.3 Å². The van der Waals surface area contributed by atoms with Crippen LogP contribution in [-0.4, -0.2) is 29.7 Å². The first kappa shape index (κ1) is 20.8. The molecule has 2 aromatic carbocycles. The number of rotatable bonds is 6. The molecule has 33 heavy (non-hydrogen) atoms. The van der Waals surface area contributed by atoms with Crippen LogP contribution in [0.5, 0.6) is 0 Å². The van der Waals surface area contributed by atoms with Crippen LogP contribution >= 0.6 is 11.6 Å². The van der Waals surface area contributed by atoms with Crippen molar-refractivity contribution in [2.75, 3.05) is 10.6 Å². The highest BCUT2D eigenvalue weighted by molar-refractivity contribution is 6.30. The van der Waals surface area contributed by atoms with Gasteiger partial charge in [-0.25, -0.2) is 24.6 Å². The number of hydrogen-bond donors (Lipinski definition) is 2. The number of hydrogen-bond acceptors (Lipinski definition) is 7. The van der Waals surface area contributed by atoms with Crippen molar-refractivity contribution in [2.24, 2.45) is 0 Å². The molecular weight excluding hydrogens is 436 g/mol. The Labute approximate surface area is 195 Å². The van der Waals surface area contributed by atoms with Gasteiger partial charge in [0.05, 0.1) is 17.3 Å². The largest absolute Gasteiger partial charge is 0.340 e. The van der Waals surface area contributed by atoms with E-state index < -0.39 is 0 Å². The highest BCUT2D eigenvalue weighted by Gasteiger charge is 2.13. The van der Waals surface area contributed by atoms with Gasteiger partial charge in [0.25, 0.3) is 0 Å². The predicted octanol–water partition coefficient (Wildman–Crippen LogP) is 5.62. The van der Waals surface area contributed by atoms with Crippen molar-refractivity contribution in [1.29, 1.82) is 0 Å². The van der Waals surface area contributed by atoms with E-state index in [4.69, 9.17) is 11.6 Å². The number of benzene rings is 2. The normalized spacial score (nSPS) is 11.0. The summed E-state index contributed by atoms with van der Waals surface area (Å²) in [4.78, 5) is 17.4. The standard InChI is InChI=1S/C24H21ClN8/c1-3-16-7-8-18(31-22-9-15(2)26-13-27-22)11-21(16)32-23-20-12-30-33(24(20)29-14-28-23)19-6-4-5-17(25)10-19/h4-14H,3H2,1-2H3,(H,26,27,31)(H,28,29,32). The third-order valence-corrected chi connectivity index (χ3v) is 5.47. The van der Waals surface area contributed by atoms with E-state index in [0.717, 1.165) is 45.9 Å². The lowest BCUT2D eigenvalue weighted by atomic mass is 10.1. The van der Waals surface area contributed by atoms with Gasteiger partial charge in [0, 0.05) is 28.2 Å². The molecule has 0 bridgehead atoms. The zero-order valence-corrected chi connectivity index (χ0v) is 18.9. The Morgan fingerprint density at radius 3 is 2.64 bits per heavy atom. The Hall–Kier alpha value is -4.04. The molecule has 0 saturated heterocycles. The van der Waals surface area contributed by atoms with Crippen LogP contribution < -0.4 is 10.6 Å². The molecule has 9 heteroatoms. The summed E-state index contributed by atoms with van der Waals surface area (Å²) >= 11 is 6.17. The maximum absolute atomic E-state index is 6.17. The van der Waals surface area contributed by atoms with Crippen molar-refractivity contribution in [1.82, 2.24) is 29.7 Å². The first-order valence-corrected chi connectivity index (χ1v) is 10.9. The molecule has 2 N–H and O–H groups in total. The fraction of sp³-hybridized carbons (Fsp3) is 0.125. The van der Waals surface area contributed by atoms with E-state index in [0.29, 0.717) is 16.5 Å². The third-order valence-electron chi connectivity index (χ3n) is 5.24. The number of fused-ring (bicyclic) bond motifs is 1. The third kappa shape index (κ3) is 4.33. The average Bonchev–Trinajstić information content (AvgIpc) is 3.25. The fourth-order valence-electron chi connectivity index (χ4n) is 3.62. The molecule has 0 fully saturated rings. The minimum atomic E-state index is 0.638. The first-order chi connectivity index (χ1) is 16.1. The number of aromatic nitrogens is 6. The van der Waals surface area contributed by atoms with E-state index in [1.807, 2.05) is 49.4 Å². The van der Waals surface area contributed by atoms with Crippen LogP contribution in [-0.2, 0) is 6.42 Å². The minimum Gasteiger partial charge on any atom is -0.340 e. The molecule has 0 spiro atoms. The van der Waals surface area contributed by atoms with E-state index in [2.05, 4.69) is 48.7 Å². The van der Waals surface area contributed by atoms with Gasteiger partial charge in [-0.3, -0.25) is 0 Å². The SMILES string of the molecule is CCc1ccc(Nc2cc(C)ncn2)cc1Nc1ncnc2c1cnn2-c1cccc(Cl)c1. The van der Waals surface area contributed by atoms with Crippen molar-refractivity contribution >= 4 is 45.6 Å². The number of halogens is 1. The predicted molar refractivity (Wildman–Crippen MR) is 131 cm³/mol. The smallest absolute Gasteiger partial charge is 0.168 e. The number of nitrogens with zero attached hydrogens (tertiary/aromatic N) is 6. The average molecular weight is 457 g/mol. The van der Waals surface area contributed by atoms with Gasteiger partial charge in [0.2, 0.25) is 0 Å². The lowest BCUT2D eigenvalue weighted by Crippen LogP contribution is -2.02. The molecular formula is C24H21ClN8. The molecule has 0 saturated carbocycles. The maximum atomic E-state index is 6.17. The molecule has 0 aliphatic rings. The van der Waals surface area contributed by atoms with Crippen molar-refractivity contribution in [3.05, 3.63) is 83.7 Å². The molecule has 0 amide bonds. The molecule has 3 aromatic heterocycles. The Morgan fingerprint density at radius 2 is 1.82 bits per heavy atom. The van der Waals surface area contributed by atoms with E-state index in [1.165, 1.54) is 6.33 Å². The van der Waals surface area contributed by atoms with Gasteiger partial charge in [-0.2, -0.15) is 5.10 Å². The zero-order chi connectivity index (χ0) is 22.8. The topological polar surface area (TPSA) is 93.4 Å². The van der Waals surface area contributed by atoms with E-state index in [1.54, 1.807) is 17.2 Å². The van der Waals surface area contributed by atoms with Gasteiger partial charge in [-0.05, 0) is 49.2 Å². The molecule has 8 nitrogen and oxygen atoms in total. The molecule has 164 valence electrons. The van der Waals surface area contributed by atoms with Crippen LogP contribution in [0, 0.1) is 6.92 Å². The van der Waals surface area contributed by atoms with Crippen LogP contribution in [0.25, 0.3) is 16.7 Å². The summed E-state index contributed by atoms with van der Waals surface area (Å²) in [6.07, 6.45) is 5.71. The summed E-state index contributed by atoms with van der Waals surface area (Å²) in [6, 6.07) is 15.6. The molecule has 0 aliphatic carbocycles. The van der Waals surface area contributed by atoms with E-state index >= 15 is 0 Å². The molecule has 0 radical (unpaired) electrons. The van der Waals surface area contributed by atoms with E-state index in [-0.39, 0.29) is 0 Å². The summed E-state index contributed by atoms with van der Waals surface area (Å²) < 4.78 is 1.75. The Balaban J connectivity index is 1.50. The van der Waals surface area contributed by atoms with Crippen molar-refractivity contribution in [3.8, 4) is 5.69 Å². The van der Waals surface area contributed by atoms with Gasteiger partial charge >= 0.3 is 0 Å². The van der Waals surface area contributed by atoms with Crippen LogP contribution in [0.4, 0.5) is 23.0 Å². The lowest BCUT2D eigenvalue weighted by molar-refractivity contribution is 0.895. The second kappa shape index (κ2) is 8.84. The van der Waals surface area contributed by atoms with E-state index in [9.17, 15) is 0 Å². The number of aryl methyl sites for hydroxylation is 2. The number of nitrogens with one attached hydrogen (secondary N) is 2. The van der Waals surface area contributed by atoms with Crippen LogP contribution in [0.15, 0.2) is 67.4 Å². The first-order valence-electron chi connectivity index (χ1n) is 10.5. The summed E-state index contributed by atoms with van der Waals surface area (Å²) in [6.45, 7) is 4.05. The van der Waals surface area contributed by atoms with Crippen LogP contribution in [0.1, 0.15) is 18.2 Å². The molecule has 0 unspecified atom stereocenters. The summed E-state index contributed by atoms with van der Waals surface area (Å²) in [5, 5.41) is 12.8. The quantitative estimate of drug-likeness (QED) is 0.342. The van der Waals surface area contributed by atoms with Crippen LogP contribution in [0.2, 0.25) is 5.02 Å². The zero-order valence-electron chi connectivity index (χ0n) is 18.1. The van der Waals surface area contributed by atoms with Gasteiger partial charge < -0.3 is 10.6 Å². The Morgan fingerprint density at radius 1 is 0.939 bits per heavy atom.